The van der Waals surface area contributed by atoms with E-state index in [-0.39, 0.29) is 18.0 Å². The Morgan fingerprint density at radius 2 is 1.78 bits per heavy atom. The van der Waals surface area contributed by atoms with E-state index < -0.39 is 23.5 Å². The van der Waals surface area contributed by atoms with E-state index in [9.17, 15) is 13.2 Å². The number of halogens is 4. The zero-order chi connectivity index (χ0) is 15.9. The number of hydrogen-bond donors (Lipinski definition) is 1. The van der Waals surface area contributed by atoms with Crippen LogP contribution in [0.3, 0.4) is 0 Å². The molecule has 6 heteroatoms. The van der Waals surface area contributed by atoms with Gasteiger partial charge in [-0.05, 0) is 31.4 Å². The second-order valence-electron chi connectivity index (χ2n) is 5.63. The number of hydrogen-bond acceptors (Lipinski definition) is 2. The first-order chi connectivity index (χ1) is 10.6. The van der Waals surface area contributed by atoms with E-state index >= 15 is 0 Å². The van der Waals surface area contributed by atoms with Gasteiger partial charge in [0.25, 0.3) is 0 Å². The van der Waals surface area contributed by atoms with Crippen molar-refractivity contribution in [1.29, 1.82) is 0 Å². The Kier molecular flexibility index (Phi) is 8.66. The third-order valence-electron chi connectivity index (χ3n) is 4.14. The van der Waals surface area contributed by atoms with Gasteiger partial charge in [0.1, 0.15) is 5.82 Å². The summed E-state index contributed by atoms with van der Waals surface area (Å²) in [6, 6.07) is 1.45. The van der Waals surface area contributed by atoms with Crippen molar-refractivity contribution in [2.45, 2.75) is 31.7 Å². The molecule has 0 aliphatic carbocycles. The maximum absolute atomic E-state index is 14.2. The fraction of sp³-hybridized carbons (Fsp3) is 0.529. The minimum Gasteiger partial charge on any atom is -0.314 e. The Hall–Kier alpha value is -1.04. The van der Waals surface area contributed by atoms with Crippen LogP contribution in [0.25, 0.3) is 0 Å². The molecule has 0 bridgehead atoms. The van der Waals surface area contributed by atoms with Crippen LogP contribution in [0.1, 0.15) is 37.3 Å². The first-order valence-corrected chi connectivity index (χ1v) is 7.84. The molecule has 0 unspecified atom stereocenters. The summed E-state index contributed by atoms with van der Waals surface area (Å²) in [4.78, 5) is 2.05. The highest BCUT2D eigenvalue weighted by Gasteiger charge is 2.28. The molecular weight excluding hydrogens is 325 g/mol. The summed E-state index contributed by atoms with van der Waals surface area (Å²) in [6.07, 6.45) is 5.08. The van der Waals surface area contributed by atoms with Crippen molar-refractivity contribution in [1.82, 2.24) is 10.2 Å². The number of benzene rings is 1. The number of rotatable bonds is 7. The third-order valence-corrected chi connectivity index (χ3v) is 4.14. The Balaban J connectivity index is 0.00000264. The molecule has 1 aromatic rings. The molecule has 1 aliphatic heterocycles. The largest absolute Gasteiger partial charge is 0.314 e. The van der Waals surface area contributed by atoms with Crippen molar-refractivity contribution in [3.8, 4) is 0 Å². The van der Waals surface area contributed by atoms with Crippen molar-refractivity contribution in [3.05, 3.63) is 47.8 Å². The molecule has 0 saturated carbocycles. The van der Waals surface area contributed by atoms with E-state index in [1.807, 2.05) is 11.0 Å². The molecule has 1 fully saturated rings. The Morgan fingerprint density at radius 3 is 2.43 bits per heavy atom. The highest BCUT2D eigenvalue weighted by molar-refractivity contribution is 5.85. The van der Waals surface area contributed by atoms with Crippen molar-refractivity contribution in [2.24, 2.45) is 0 Å². The second-order valence-corrected chi connectivity index (χ2v) is 5.63. The van der Waals surface area contributed by atoms with Crippen LogP contribution in [-0.2, 0) is 0 Å². The SMILES string of the molecule is C=CCCCC[C@H](c1c(F)ccc(F)c1F)N1CCNCC1.Cl. The monoisotopic (exact) mass is 348 g/mol. The fourth-order valence-electron chi connectivity index (χ4n) is 2.98. The summed E-state index contributed by atoms with van der Waals surface area (Å²) >= 11 is 0. The number of allylic oxidation sites excluding steroid dienone is 1. The predicted octanol–water partition coefficient (Wildman–Crippen LogP) is 4.22. The van der Waals surface area contributed by atoms with Gasteiger partial charge in [0.15, 0.2) is 11.6 Å². The molecule has 0 radical (unpaired) electrons. The van der Waals surface area contributed by atoms with Gasteiger partial charge in [-0.2, -0.15) is 0 Å². The van der Waals surface area contributed by atoms with Crippen LogP contribution in [0.4, 0.5) is 13.2 Å². The van der Waals surface area contributed by atoms with Gasteiger partial charge in [-0.15, -0.1) is 19.0 Å². The first kappa shape index (κ1) is 20.0. The van der Waals surface area contributed by atoms with Crippen LogP contribution in [0.2, 0.25) is 0 Å². The quantitative estimate of drug-likeness (QED) is 0.451. The lowest BCUT2D eigenvalue weighted by Crippen LogP contribution is -2.45. The minimum atomic E-state index is -1.05. The van der Waals surface area contributed by atoms with E-state index in [0.29, 0.717) is 19.5 Å². The molecule has 0 spiro atoms. The fourth-order valence-corrected chi connectivity index (χ4v) is 2.98. The summed E-state index contributed by atoms with van der Waals surface area (Å²) in [5.74, 6) is -2.69. The molecule has 0 amide bonds. The Morgan fingerprint density at radius 1 is 1.13 bits per heavy atom. The van der Waals surface area contributed by atoms with Gasteiger partial charge < -0.3 is 5.32 Å². The van der Waals surface area contributed by atoms with Crippen LogP contribution >= 0.6 is 12.4 Å². The lowest BCUT2D eigenvalue weighted by molar-refractivity contribution is 0.155. The maximum atomic E-state index is 14.2. The van der Waals surface area contributed by atoms with Gasteiger partial charge in [-0.1, -0.05) is 12.5 Å². The molecule has 1 aromatic carbocycles. The van der Waals surface area contributed by atoms with Crippen LogP contribution < -0.4 is 5.32 Å². The van der Waals surface area contributed by atoms with Gasteiger partial charge in [0, 0.05) is 37.8 Å². The average molecular weight is 349 g/mol. The summed E-state index contributed by atoms with van der Waals surface area (Å²) in [5, 5.41) is 3.22. The van der Waals surface area contributed by atoms with E-state index in [1.54, 1.807) is 0 Å². The number of nitrogens with one attached hydrogen (secondary N) is 1. The lowest BCUT2D eigenvalue weighted by atomic mass is 9.96. The van der Waals surface area contributed by atoms with Crippen molar-refractivity contribution < 1.29 is 13.2 Å². The summed E-state index contributed by atoms with van der Waals surface area (Å²) in [5.41, 5.74) is -0.125. The van der Waals surface area contributed by atoms with Crippen LogP contribution in [0.15, 0.2) is 24.8 Å². The van der Waals surface area contributed by atoms with Gasteiger partial charge in [0.05, 0.1) is 0 Å². The molecule has 1 N–H and O–H groups in total. The minimum absolute atomic E-state index is 0. The topological polar surface area (TPSA) is 15.3 Å². The molecule has 0 aromatic heterocycles. The Labute approximate surface area is 142 Å². The maximum Gasteiger partial charge on any atom is 0.166 e. The van der Waals surface area contributed by atoms with Gasteiger partial charge in [0.2, 0.25) is 0 Å². The molecule has 1 atom stereocenters. The zero-order valence-corrected chi connectivity index (χ0v) is 14.0. The summed E-state index contributed by atoms with van der Waals surface area (Å²) in [6.45, 7) is 6.66. The average Bonchev–Trinajstić information content (AvgIpc) is 2.54. The highest BCUT2D eigenvalue weighted by Crippen LogP contribution is 2.32. The lowest BCUT2D eigenvalue weighted by Gasteiger charge is -2.35. The Bertz CT molecular complexity index is 505. The number of unbranched alkanes of at least 4 members (excludes halogenated alkanes) is 2. The molecule has 1 saturated heterocycles. The molecule has 1 aliphatic rings. The zero-order valence-electron chi connectivity index (χ0n) is 13.2. The molecular formula is C17H24ClF3N2. The molecule has 23 heavy (non-hydrogen) atoms. The summed E-state index contributed by atoms with van der Waals surface area (Å²) in [7, 11) is 0. The predicted molar refractivity (Wildman–Crippen MR) is 89.4 cm³/mol. The van der Waals surface area contributed by atoms with E-state index in [2.05, 4.69) is 11.9 Å². The standard InChI is InChI=1S/C17H23F3N2.ClH/c1-2-3-4-5-6-15(22-11-9-21-10-12-22)16-13(18)7-8-14(19)17(16)20;/h2,7-8,15,21H,1,3-6,9-12H2;1H/t15-;/m1./s1. The van der Waals surface area contributed by atoms with E-state index in [4.69, 9.17) is 0 Å². The number of piperazine rings is 1. The smallest absolute Gasteiger partial charge is 0.166 e. The van der Waals surface area contributed by atoms with E-state index in [1.165, 1.54) is 0 Å². The molecule has 2 rings (SSSR count). The van der Waals surface area contributed by atoms with Crippen LogP contribution in [0, 0.1) is 17.5 Å². The molecule has 130 valence electrons. The normalized spacial score (nSPS) is 16.7. The van der Waals surface area contributed by atoms with Gasteiger partial charge in [-0.25, -0.2) is 13.2 Å². The number of nitrogens with zero attached hydrogens (tertiary/aromatic N) is 1. The molecule has 2 nitrogen and oxygen atoms in total. The van der Waals surface area contributed by atoms with Crippen molar-refractivity contribution in [3.63, 3.8) is 0 Å². The third kappa shape index (κ3) is 5.23. The van der Waals surface area contributed by atoms with Gasteiger partial charge in [-0.3, -0.25) is 4.90 Å². The molecule has 1 heterocycles. The van der Waals surface area contributed by atoms with Gasteiger partial charge >= 0.3 is 0 Å². The highest BCUT2D eigenvalue weighted by atomic mass is 35.5. The van der Waals surface area contributed by atoms with Crippen LogP contribution in [-0.4, -0.2) is 31.1 Å². The second kappa shape index (κ2) is 9.96. The van der Waals surface area contributed by atoms with Crippen LogP contribution in [0.5, 0.6) is 0 Å². The van der Waals surface area contributed by atoms with E-state index in [0.717, 1.165) is 44.5 Å². The van der Waals surface area contributed by atoms with Crippen molar-refractivity contribution in [2.75, 3.05) is 26.2 Å². The summed E-state index contributed by atoms with van der Waals surface area (Å²) < 4.78 is 41.9. The first-order valence-electron chi connectivity index (χ1n) is 7.84. The van der Waals surface area contributed by atoms with Crippen molar-refractivity contribution >= 4 is 12.4 Å².